The van der Waals surface area contributed by atoms with Crippen LogP contribution in [0.25, 0.3) is 10.9 Å². The van der Waals surface area contributed by atoms with Gasteiger partial charge in [0.25, 0.3) is 0 Å². The maximum atomic E-state index is 15.4. The van der Waals surface area contributed by atoms with E-state index in [1.807, 2.05) is 25.1 Å². The fraction of sp³-hybridized carbons (Fsp3) is 0.444. The van der Waals surface area contributed by atoms with Crippen molar-refractivity contribution < 1.29 is 19.0 Å². The third kappa shape index (κ3) is 6.17. The molecule has 8 heteroatoms. The van der Waals surface area contributed by atoms with E-state index in [-0.39, 0.29) is 18.3 Å². The molecule has 0 bridgehead atoms. The topological polar surface area (TPSA) is 91.3 Å². The van der Waals surface area contributed by atoms with Crippen LogP contribution in [0.5, 0.6) is 5.75 Å². The van der Waals surface area contributed by atoms with Gasteiger partial charge in [0.05, 0.1) is 30.4 Å². The average Bonchev–Trinajstić information content (AvgIpc) is 3.26. The summed E-state index contributed by atoms with van der Waals surface area (Å²) in [5.74, 6) is 6.28. The maximum Gasteiger partial charge on any atom is 0.303 e. The number of aromatic amines is 1. The molecule has 0 aliphatic carbocycles. The number of halogens is 1. The van der Waals surface area contributed by atoms with Crippen LogP contribution < -0.4 is 4.74 Å². The fourth-order valence-corrected chi connectivity index (χ4v) is 4.93. The van der Waals surface area contributed by atoms with Gasteiger partial charge in [-0.25, -0.2) is 4.39 Å². The third-order valence-electron chi connectivity index (χ3n) is 6.88. The van der Waals surface area contributed by atoms with E-state index in [4.69, 9.17) is 4.74 Å². The quantitative estimate of drug-likeness (QED) is 0.462. The molecule has 7 nitrogen and oxygen atoms in total. The molecular formula is C27H31FN4O3. The van der Waals surface area contributed by atoms with Crippen molar-refractivity contribution in [3.63, 3.8) is 0 Å². The van der Waals surface area contributed by atoms with Crippen LogP contribution in [-0.4, -0.2) is 57.9 Å². The second-order valence-electron chi connectivity index (χ2n) is 9.16. The molecule has 1 aromatic carbocycles. The lowest BCUT2D eigenvalue weighted by atomic mass is 9.79. The summed E-state index contributed by atoms with van der Waals surface area (Å²) in [6.07, 6.45) is 4.16. The predicted molar refractivity (Wildman–Crippen MR) is 132 cm³/mol. The van der Waals surface area contributed by atoms with Gasteiger partial charge in [-0.3, -0.25) is 19.8 Å². The summed E-state index contributed by atoms with van der Waals surface area (Å²) in [7, 11) is 1.59. The van der Waals surface area contributed by atoms with Crippen LogP contribution >= 0.6 is 0 Å². The lowest BCUT2D eigenvalue weighted by Crippen LogP contribution is -2.41. The molecule has 0 spiro atoms. The van der Waals surface area contributed by atoms with Crippen molar-refractivity contribution >= 4 is 16.9 Å². The molecule has 4 rings (SSSR count). The summed E-state index contributed by atoms with van der Waals surface area (Å²) in [6, 6.07) is 7.20. The minimum Gasteiger partial charge on any atom is -0.497 e. The molecule has 0 unspecified atom stereocenters. The number of aliphatic carboxylic acids is 1. The Morgan fingerprint density at radius 3 is 2.97 bits per heavy atom. The molecule has 3 atom stereocenters. The van der Waals surface area contributed by atoms with Gasteiger partial charge >= 0.3 is 5.97 Å². The number of likely N-dealkylation sites (tertiary alicyclic amines) is 1. The van der Waals surface area contributed by atoms with Crippen molar-refractivity contribution in [2.24, 2.45) is 11.8 Å². The molecule has 3 heterocycles. The fourth-order valence-electron chi connectivity index (χ4n) is 4.93. The SMILES string of the molecule is COc1ccc2nccc([C@H](F)CC[C@@H]3CCN(CC#Cc4c[nH]nc4C)C[C@@H]3CC(=O)O)c2c1. The van der Waals surface area contributed by atoms with E-state index in [1.165, 1.54) is 0 Å². The zero-order chi connectivity index (χ0) is 24.8. The number of benzene rings is 1. The number of alkyl halides is 1. The monoisotopic (exact) mass is 478 g/mol. The minimum absolute atomic E-state index is 0.0276. The minimum atomic E-state index is -1.15. The Bertz CT molecular complexity index is 1230. The largest absolute Gasteiger partial charge is 0.497 e. The van der Waals surface area contributed by atoms with Crippen LogP contribution in [0.15, 0.2) is 36.7 Å². The number of carbonyl (C=O) groups is 1. The van der Waals surface area contributed by atoms with Crippen molar-refractivity contribution in [3.05, 3.63) is 53.5 Å². The highest BCUT2D eigenvalue weighted by atomic mass is 19.1. The second kappa shape index (κ2) is 11.3. The van der Waals surface area contributed by atoms with Crippen molar-refractivity contribution in [3.8, 4) is 17.6 Å². The number of nitrogens with zero attached hydrogens (tertiary/aromatic N) is 3. The first kappa shape index (κ1) is 24.7. The normalized spacial score (nSPS) is 19.2. The van der Waals surface area contributed by atoms with E-state index in [0.29, 0.717) is 37.2 Å². The number of rotatable bonds is 8. The van der Waals surface area contributed by atoms with Gasteiger partial charge in [-0.2, -0.15) is 5.10 Å². The number of ether oxygens (including phenoxy) is 1. The van der Waals surface area contributed by atoms with Gasteiger partial charge in [0.2, 0.25) is 0 Å². The number of hydrogen-bond acceptors (Lipinski definition) is 5. The Morgan fingerprint density at radius 2 is 2.23 bits per heavy atom. The number of carboxylic acid groups (broad SMARTS) is 1. The first-order valence-electron chi connectivity index (χ1n) is 11.9. The first-order valence-corrected chi connectivity index (χ1v) is 11.9. The number of fused-ring (bicyclic) bond motifs is 1. The number of aromatic nitrogens is 3. The Hall–Kier alpha value is -3.44. The molecule has 0 amide bonds. The van der Waals surface area contributed by atoms with Crippen molar-refractivity contribution in [1.82, 2.24) is 20.1 Å². The molecular weight excluding hydrogens is 447 g/mol. The highest BCUT2D eigenvalue weighted by Gasteiger charge is 2.31. The zero-order valence-corrected chi connectivity index (χ0v) is 20.1. The third-order valence-corrected chi connectivity index (χ3v) is 6.88. The lowest BCUT2D eigenvalue weighted by molar-refractivity contribution is -0.139. The van der Waals surface area contributed by atoms with E-state index in [2.05, 4.69) is 31.9 Å². The predicted octanol–water partition coefficient (Wildman–Crippen LogP) is 4.53. The molecule has 0 saturated carbocycles. The molecule has 3 aromatic rings. The summed E-state index contributed by atoms with van der Waals surface area (Å²) >= 11 is 0. The van der Waals surface area contributed by atoms with Crippen LogP contribution in [0.2, 0.25) is 0 Å². The Labute approximate surface area is 204 Å². The standard InChI is InChI=1S/C27H31FN4O3/c1-18-20(16-30-31-18)4-3-12-32-13-10-19(21(17-32)14-27(33)34)5-7-25(28)23-9-11-29-26-8-6-22(35-2)15-24(23)26/h6,8-9,11,15-16,19,21,25H,5,7,10,12-14,17H2,1-2H3,(H,30,31)(H,33,34)/t19-,21+,25-/m1/s1. The van der Waals surface area contributed by atoms with Crippen LogP contribution in [0.3, 0.4) is 0 Å². The smallest absolute Gasteiger partial charge is 0.303 e. The summed E-state index contributed by atoms with van der Waals surface area (Å²) in [4.78, 5) is 18.1. The van der Waals surface area contributed by atoms with Crippen LogP contribution in [0.1, 0.15) is 48.7 Å². The second-order valence-corrected chi connectivity index (χ2v) is 9.16. The Morgan fingerprint density at radius 1 is 1.37 bits per heavy atom. The molecule has 1 fully saturated rings. The number of pyridine rings is 1. The Balaban J connectivity index is 1.39. The van der Waals surface area contributed by atoms with Gasteiger partial charge in [0.1, 0.15) is 11.9 Å². The number of carboxylic acids is 1. The van der Waals surface area contributed by atoms with E-state index in [9.17, 15) is 9.90 Å². The Kier molecular flexibility index (Phi) is 7.98. The van der Waals surface area contributed by atoms with E-state index in [0.717, 1.165) is 35.1 Å². The molecule has 1 saturated heterocycles. The summed E-state index contributed by atoms with van der Waals surface area (Å²) in [5, 5.41) is 17.1. The first-order chi connectivity index (χ1) is 16.9. The molecule has 2 aromatic heterocycles. The van der Waals surface area contributed by atoms with E-state index >= 15 is 4.39 Å². The molecule has 1 aliphatic heterocycles. The van der Waals surface area contributed by atoms with Crippen LogP contribution in [0.4, 0.5) is 4.39 Å². The number of hydrogen-bond donors (Lipinski definition) is 2. The molecule has 1 aliphatic rings. The zero-order valence-electron chi connectivity index (χ0n) is 20.1. The van der Waals surface area contributed by atoms with Gasteiger partial charge in [0, 0.05) is 30.7 Å². The van der Waals surface area contributed by atoms with Gasteiger partial charge in [-0.05, 0) is 74.4 Å². The number of nitrogens with one attached hydrogen (secondary N) is 1. The van der Waals surface area contributed by atoms with Gasteiger partial charge in [-0.1, -0.05) is 11.8 Å². The highest BCUT2D eigenvalue weighted by molar-refractivity contribution is 5.83. The maximum absolute atomic E-state index is 15.4. The van der Waals surface area contributed by atoms with Crippen molar-refractivity contribution in [1.29, 1.82) is 0 Å². The summed E-state index contributed by atoms with van der Waals surface area (Å²) in [5.41, 5.74) is 3.07. The van der Waals surface area contributed by atoms with Crippen molar-refractivity contribution in [2.45, 2.75) is 38.8 Å². The lowest BCUT2D eigenvalue weighted by Gasteiger charge is -2.37. The molecule has 35 heavy (non-hydrogen) atoms. The number of aryl methyl sites for hydroxylation is 1. The number of piperidine rings is 1. The molecule has 0 radical (unpaired) electrons. The summed E-state index contributed by atoms with van der Waals surface area (Å²) in [6.45, 7) is 3.96. The highest BCUT2D eigenvalue weighted by Crippen LogP contribution is 2.36. The average molecular weight is 479 g/mol. The van der Waals surface area contributed by atoms with Crippen LogP contribution in [0, 0.1) is 30.6 Å². The van der Waals surface area contributed by atoms with Gasteiger partial charge in [0.15, 0.2) is 0 Å². The number of H-pyrrole nitrogens is 1. The van der Waals surface area contributed by atoms with Gasteiger partial charge < -0.3 is 9.84 Å². The number of methoxy groups -OCH3 is 1. The molecule has 2 N–H and O–H groups in total. The molecule has 184 valence electrons. The van der Waals surface area contributed by atoms with Crippen LogP contribution in [-0.2, 0) is 4.79 Å². The van der Waals surface area contributed by atoms with E-state index < -0.39 is 12.1 Å². The summed E-state index contributed by atoms with van der Waals surface area (Å²) < 4.78 is 20.7. The van der Waals surface area contributed by atoms with Crippen molar-refractivity contribution in [2.75, 3.05) is 26.7 Å². The van der Waals surface area contributed by atoms with E-state index in [1.54, 1.807) is 25.6 Å². The van der Waals surface area contributed by atoms with Gasteiger partial charge in [-0.15, -0.1) is 0 Å².